The number of rotatable bonds is 1. The quantitative estimate of drug-likeness (QED) is 0.742. The molecule has 0 aliphatic heterocycles. The lowest BCUT2D eigenvalue weighted by Crippen LogP contribution is -2.19. The van der Waals surface area contributed by atoms with E-state index >= 15 is 0 Å². The smallest absolute Gasteiger partial charge is 0.278 e. The zero-order valence-corrected chi connectivity index (χ0v) is 10.6. The molecule has 0 aliphatic rings. The lowest BCUT2D eigenvalue weighted by Gasteiger charge is -2.08. The lowest BCUT2D eigenvalue weighted by molar-refractivity contribution is 0.630. The second kappa shape index (κ2) is 4.17. The van der Waals surface area contributed by atoms with Crippen molar-refractivity contribution in [3.05, 3.63) is 51.4 Å². The Balaban J connectivity index is 2.46. The summed E-state index contributed by atoms with van der Waals surface area (Å²) in [5.41, 5.74) is 0.129. The highest BCUT2D eigenvalue weighted by molar-refractivity contribution is 6.33. The Morgan fingerprint density at radius 1 is 1.37 bits per heavy atom. The van der Waals surface area contributed by atoms with Gasteiger partial charge in [0.15, 0.2) is 0 Å². The van der Waals surface area contributed by atoms with Gasteiger partial charge in [0, 0.05) is 5.56 Å². The molecule has 5 nitrogen and oxygen atoms in total. The van der Waals surface area contributed by atoms with Gasteiger partial charge in [-0.2, -0.15) is 4.52 Å². The molecule has 0 amide bonds. The molecule has 3 aromatic rings. The van der Waals surface area contributed by atoms with Gasteiger partial charge < -0.3 is 0 Å². The van der Waals surface area contributed by atoms with Gasteiger partial charge in [0.25, 0.3) is 11.3 Å². The Morgan fingerprint density at radius 3 is 2.89 bits per heavy atom. The molecule has 2 aromatic heterocycles. The second-order valence-corrected chi connectivity index (χ2v) is 4.40. The van der Waals surface area contributed by atoms with Gasteiger partial charge in [0.2, 0.25) is 0 Å². The molecule has 0 aliphatic carbocycles. The minimum absolute atomic E-state index is 0.0585. The zero-order valence-electron chi connectivity index (χ0n) is 9.82. The second-order valence-electron chi connectivity index (χ2n) is 4.00. The van der Waals surface area contributed by atoms with Gasteiger partial charge in [-0.15, -0.1) is 0 Å². The van der Waals surface area contributed by atoms with Crippen LogP contribution in [0.4, 0.5) is 4.39 Å². The standard InChI is InChI=1S/C12H8ClFN4O/c1-6-9(10-7(13)3-2-4-8(10)14)11(19)18-12(17-6)15-5-16-18/h2-5H,1H3,(H,15,16,17). The Hall–Kier alpha value is -2.21. The van der Waals surface area contributed by atoms with Crippen LogP contribution in [0.15, 0.2) is 29.3 Å². The third-order valence-electron chi connectivity index (χ3n) is 2.83. The van der Waals surface area contributed by atoms with Crippen LogP contribution in [0.25, 0.3) is 16.9 Å². The van der Waals surface area contributed by atoms with Crippen LogP contribution in [0.1, 0.15) is 5.69 Å². The van der Waals surface area contributed by atoms with E-state index < -0.39 is 11.4 Å². The molecule has 1 aromatic carbocycles. The molecule has 19 heavy (non-hydrogen) atoms. The van der Waals surface area contributed by atoms with Gasteiger partial charge in [-0.25, -0.2) is 14.4 Å². The van der Waals surface area contributed by atoms with Crippen LogP contribution >= 0.6 is 11.6 Å². The molecule has 0 radical (unpaired) electrons. The van der Waals surface area contributed by atoms with Gasteiger partial charge in [-0.1, -0.05) is 17.7 Å². The minimum Gasteiger partial charge on any atom is -0.278 e. The molecule has 2 heterocycles. The van der Waals surface area contributed by atoms with E-state index in [1.54, 1.807) is 6.92 Å². The molecule has 96 valence electrons. The summed E-state index contributed by atoms with van der Waals surface area (Å²) in [7, 11) is 0. The third-order valence-corrected chi connectivity index (χ3v) is 3.14. The first kappa shape index (κ1) is 11.9. The number of aromatic nitrogens is 4. The summed E-state index contributed by atoms with van der Waals surface area (Å²) in [5, 5.41) is 2.80. The van der Waals surface area contributed by atoms with Gasteiger partial charge >= 0.3 is 0 Å². The van der Waals surface area contributed by atoms with Crippen molar-refractivity contribution in [2.45, 2.75) is 6.92 Å². The molecule has 0 fully saturated rings. The summed E-state index contributed by atoms with van der Waals surface area (Å²) in [4.78, 5) is 20.4. The number of fused-ring (bicyclic) bond motifs is 1. The highest BCUT2D eigenvalue weighted by Gasteiger charge is 2.18. The van der Waals surface area contributed by atoms with Crippen LogP contribution in [0.2, 0.25) is 5.02 Å². The van der Waals surface area contributed by atoms with Crippen molar-refractivity contribution in [1.29, 1.82) is 0 Å². The highest BCUT2D eigenvalue weighted by atomic mass is 35.5. The van der Waals surface area contributed by atoms with Gasteiger partial charge in [0.1, 0.15) is 12.1 Å². The predicted molar refractivity (Wildman–Crippen MR) is 68.7 cm³/mol. The molecule has 0 unspecified atom stereocenters. The van der Waals surface area contributed by atoms with Crippen molar-refractivity contribution in [2.24, 2.45) is 0 Å². The summed E-state index contributed by atoms with van der Waals surface area (Å²) < 4.78 is 15.1. The van der Waals surface area contributed by atoms with E-state index in [9.17, 15) is 9.18 Å². The van der Waals surface area contributed by atoms with E-state index in [4.69, 9.17) is 11.6 Å². The lowest BCUT2D eigenvalue weighted by atomic mass is 10.1. The number of aryl methyl sites for hydroxylation is 1. The fourth-order valence-corrected chi connectivity index (χ4v) is 2.24. The van der Waals surface area contributed by atoms with Gasteiger partial charge in [-0.3, -0.25) is 9.89 Å². The highest BCUT2D eigenvalue weighted by Crippen LogP contribution is 2.29. The first-order chi connectivity index (χ1) is 9.09. The van der Waals surface area contributed by atoms with Crippen LogP contribution < -0.4 is 5.56 Å². The van der Waals surface area contributed by atoms with E-state index in [1.165, 1.54) is 24.5 Å². The Bertz CT molecular complexity index is 819. The zero-order chi connectivity index (χ0) is 13.6. The van der Waals surface area contributed by atoms with E-state index in [0.29, 0.717) is 5.69 Å². The number of hydrogen-bond acceptors (Lipinski definition) is 3. The average molecular weight is 279 g/mol. The molecule has 0 saturated heterocycles. The minimum atomic E-state index is -0.561. The number of benzene rings is 1. The molecule has 0 atom stereocenters. The van der Waals surface area contributed by atoms with Crippen molar-refractivity contribution in [1.82, 2.24) is 19.6 Å². The topological polar surface area (TPSA) is 63.1 Å². The molecule has 1 N–H and O–H groups in total. The maximum absolute atomic E-state index is 13.9. The number of aromatic amines is 1. The Kier molecular flexibility index (Phi) is 2.60. The molecular formula is C12H8ClFN4O. The number of nitrogens with one attached hydrogen (secondary N) is 1. The van der Waals surface area contributed by atoms with Gasteiger partial charge in [0.05, 0.1) is 16.3 Å². The maximum atomic E-state index is 13.9. The Morgan fingerprint density at radius 2 is 2.16 bits per heavy atom. The molecular weight excluding hydrogens is 271 g/mol. The number of hydrogen-bond donors (Lipinski definition) is 1. The van der Waals surface area contributed by atoms with Crippen molar-refractivity contribution < 1.29 is 4.39 Å². The third kappa shape index (κ3) is 1.72. The van der Waals surface area contributed by atoms with Crippen molar-refractivity contribution in [3.63, 3.8) is 0 Å². The Labute approximate surface area is 111 Å². The SMILES string of the molecule is Cc1nc2nc[nH]n2c(=O)c1-c1c(F)cccc1Cl. The van der Waals surface area contributed by atoms with Crippen LogP contribution in [0.3, 0.4) is 0 Å². The maximum Gasteiger partial charge on any atom is 0.282 e. The molecule has 0 bridgehead atoms. The van der Waals surface area contributed by atoms with E-state index in [1.807, 2.05) is 0 Å². The summed E-state index contributed by atoms with van der Waals surface area (Å²) >= 11 is 5.99. The number of H-pyrrole nitrogens is 1. The van der Waals surface area contributed by atoms with Gasteiger partial charge in [-0.05, 0) is 19.1 Å². The monoisotopic (exact) mass is 278 g/mol. The van der Waals surface area contributed by atoms with Crippen molar-refractivity contribution in [2.75, 3.05) is 0 Å². The number of nitrogens with zero attached hydrogens (tertiary/aromatic N) is 3. The molecule has 0 saturated carbocycles. The van der Waals surface area contributed by atoms with E-state index in [2.05, 4.69) is 15.1 Å². The molecule has 7 heteroatoms. The molecule has 0 spiro atoms. The predicted octanol–water partition coefficient (Wildman–Crippen LogP) is 2.19. The summed E-state index contributed by atoms with van der Waals surface area (Å²) in [6.07, 6.45) is 1.34. The van der Waals surface area contributed by atoms with E-state index in [-0.39, 0.29) is 21.9 Å². The summed E-state index contributed by atoms with van der Waals surface area (Å²) in [6.45, 7) is 1.62. The van der Waals surface area contributed by atoms with Crippen LogP contribution in [-0.4, -0.2) is 19.6 Å². The first-order valence-electron chi connectivity index (χ1n) is 5.46. The fraction of sp³-hybridized carbons (Fsp3) is 0.0833. The van der Waals surface area contributed by atoms with Crippen molar-refractivity contribution >= 4 is 17.4 Å². The first-order valence-corrected chi connectivity index (χ1v) is 5.84. The van der Waals surface area contributed by atoms with Crippen LogP contribution in [-0.2, 0) is 0 Å². The summed E-state index contributed by atoms with van der Waals surface area (Å²) in [5.74, 6) is -0.326. The van der Waals surface area contributed by atoms with Crippen LogP contribution in [0.5, 0.6) is 0 Å². The normalized spacial score (nSPS) is 11.1. The van der Waals surface area contributed by atoms with E-state index in [0.717, 1.165) is 4.52 Å². The van der Waals surface area contributed by atoms with Crippen molar-refractivity contribution in [3.8, 4) is 11.1 Å². The largest absolute Gasteiger partial charge is 0.282 e. The number of halogens is 2. The average Bonchev–Trinajstić information content (AvgIpc) is 2.81. The summed E-state index contributed by atoms with van der Waals surface area (Å²) in [6, 6.07) is 4.26. The fourth-order valence-electron chi connectivity index (χ4n) is 1.99. The van der Waals surface area contributed by atoms with Crippen LogP contribution in [0, 0.1) is 12.7 Å². The molecule has 3 rings (SSSR count).